The maximum Gasteiger partial charge on any atom is 0.171 e. The zero-order chi connectivity index (χ0) is 14.3. The van der Waals surface area contributed by atoms with E-state index in [0.717, 1.165) is 36.3 Å². The molecule has 0 spiro atoms. The summed E-state index contributed by atoms with van der Waals surface area (Å²) in [6, 6.07) is 4.44. The van der Waals surface area contributed by atoms with Gasteiger partial charge >= 0.3 is 0 Å². The highest BCUT2D eigenvalue weighted by atomic mass is 79.9. The second-order valence-corrected chi connectivity index (χ2v) is 5.64. The molecule has 0 unspecified atom stereocenters. The largest absolute Gasteiger partial charge is 0.487 e. The molecule has 0 atom stereocenters. The van der Waals surface area contributed by atoms with Crippen molar-refractivity contribution >= 4 is 21.7 Å². The van der Waals surface area contributed by atoms with E-state index < -0.39 is 0 Å². The van der Waals surface area contributed by atoms with Crippen molar-refractivity contribution in [3.63, 3.8) is 0 Å². The molecule has 1 aromatic rings. The Bertz CT molecular complexity index is 367. The van der Waals surface area contributed by atoms with Crippen LogP contribution in [0.2, 0.25) is 0 Å². The van der Waals surface area contributed by atoms with Crippen molar-refractivity contribution in [2.45, 2.75) is 52.7 Å². The van der Waals surface area contributed by atoms with E-state index >= 15 is 0 Å². The highest BCUT2D eigenvalue weighted by molar-refractivity contribution is 9.09. The van der Waals surface area contributed by atoms with Crippen molar-refractivity contribution < 1.29 is 4.74 Å². The van der Waals surface area contributed by atoms with Crippen LogP contribution in [0.25, 0.3) is 0 Å². The Morgan fingerprint density at radius 3 is 2.53 bits per heavy atom. The highest BCUT2D eigenvalue weighted by Crippen LogP contribution is 2.29. The number of pyridine rings is 1. The summed E-state index contributed by atoms with van der Waals surface area (Å²) in [6.45, 7) is 9.48. The van der Waals surface area contributed by atoms with E-state index in [9.17, 15) is 0 Å². The molecule has 1 aromatic heterocycles. The summed E-state index contributed by atoms with van der Waals surface area (Å²) in [7, 11) is 0. The molecular formula is C15H25BrN2O. The summed E-state index contributed by atoms with van der Waals surface area (Å²) in [5.41, 5.74) is 0. The Morgan fingerprint density at radius 2 is 2.00 bits per heavy atom. The third kappa shape index (κ3) is 4.68. The van der Waals surface area contributed by atoms with Crippen LogP contribution in [-0.2, 0) is 0 Å². The molecule has 0 N–H and O–H groups in total. The lowest BCUT2D eigenvalue weighted by atomic mass is 10.1. The number of rotatable bonds is 8. The van der Waals surface area contributed by atoms with Gasteiger partial charge in [-0.05, 0) is 38.8 Å². The summed E-state index contributed by atoms with van der Waals surface area (Å²) in [5.74, 6) is 1.84. The second-order valence-electron chi connectivity index (χ2n) is 4.84. The SMILES string of the molecule is CCC(CC)N(CCBr)c1ncccc1OC(C)C. The first kappa shape index (κ1) is 16.3. The predicted octanol–water partition coefficient (Wildman–Crippen LogP) is 4.26. The topological polar surface area (TPSA) is 25.4 Å². The number of hydrogen-bond acceptors (Lipinski definition) is 3. The number of anilines is 1. The van der Waals surface area contributed by atoms with Crippen LogP contribution in [0.15, 0.2) is 18.3 Å². The standard InChI is InChI=1S/C15H25BrN2O/c1-5-13(6-2)18(11-9-16)15-14(19-12(3)4)8-7-10-17-15/h7-8,10,12-13H,5-6,9,11H2,1-4H3. The fourth-order valence-electron chi connectivity index (χ4n) is 2.23. The van der Waals surface area contributed by atoms with Crippen molar-refractivity contribution in [2.75, 3.05) is 16.8 Å². The van der Waals surface area contributed by atoms with Crippen LogP contribution in [0, 0.1) is 0 Å². The third-order valence-corrected chi connectivity index (χ3v) is 3.45. The zero-order valence-electron chi connectivity index (χ0n) is 12.4. The molecule has 0 radical (unpaired) electrons. The van der Waals surface area contributed by atoms with E-state index in [4.69, 9.17) is 4.74 Å². The lowest BCUT2D eigenvalue weighted by Crippen LogP contribution is -2.37. The maximum absolute atomic E-state index is 5.89. The molecule has 0 saturated heterocycles. The van der Waals surface area contributed by atoms with Gasteiger partial charge in [-0.1, -0.05) is 29.8 Å². The van der Waals surface area contributed by atoms with Crippen LogP contribution < -0.4 is 9.64 Å². The minimum atomic E-state index is 0.162. The van der Waals surface area contributed by atoms with Crippen LogP contribution >= 0.6 is 15.9 Å². The number of nitrogens with zero attached hydrogens (tertiary/aromatic N) is 2. The van der Waals surface area contributed by atoms with E-state index in [-0.39, 0.29) is 6.10 Å². The fraction of sp³-hybridized carbons (Fsp3) is 0.667. The smallest absolute Gasteiger partial charge is 0.171 e. The predicted molar refractivity (Wildman–Crippen MR) is 85.5 cm³/mol. The van der Waals surface area contributed by atoms with Gasteiger partial charge in [-0.25, -0.2) is 4.98 Å². The van der Waals surface area contributed by atoms with Gasteiger partial charge in [-0.2, -0.15) is 0 Å². The number of hydrogen-bond donors (Lipinski definition) is 0. The van der Waals surface area contributed by atoms with Gasteiger partial charge in [0.15, 0.2) is 11.6 Å². The first-order valence-electron chi connectivity index (χ1n) is 7.08. The number of alkyl halides is 1. The highest BCUT2D eigenvalue weighted by Gasteiger charge is 2.20. The average molecular weight is 329 g/mol. The first-order valence-corrected chi connectivity index (χ1v) is 8.20. The summed E-state index contributed by atoms with van der Waals surface area (Å²) in [5, 5.41) is 0.932. The van der Waals surface area contributed by atoms with E-state index in [1.807, 2.05) is 32.2 Å². The molecule has 0 saturated carbocycles. The molecule has 108 valence electrons. The Morgan fingerprint density at radius 1 is 1.32 bits per heavy atom. The monoisotopic (exact) mass is 328 g/mol. The van der Waals surface area contributed by atoms with Gasteiger partial charge in [0.2, 0.25) is 0 Å². The second kappa shape index (κ2) is 8.41. The summed E-state index contributed by atoms with van der Waals surface area (Å²) < 4.78 is 5.89. The van der Waals surface area contributed by atoms with Crippen LogP contribution in [0.1, 0.15) is 40.5 Å². The minimum absolute atomic E-state index is 0.162. The van der Waals surface area contributed by atoms with Crippen molar-refractivity contribution in [2.24, 2.45) is 0 Å². The Kier molecular flexibility index (Phi) is 7.21. The van der Waals surface area contributed by atoms with E-state index in [0.29, 0.717) is 6.04 Å². The lowest BCUT2D eigenvalue weighted by molar-refractivity contribution is 0.241. The molecule has 0 aliphatic rings. The lowest BCUT2D eigenvalue weighted by Gasteiger charge is -2.32. The third-order valence-electron chi connectivity index (χ3n) is 3.09. The molecule has 4 heteroatoms. The number of halogens is 1. The Balaban J connectivity index is 3.06. The normalized spacial score (nSPS) is 11.1. The van der Waals surface area contributed by atoms with Gasteiger partial charge in [0, 0.05) is 24.1 Å². The van der Waals surface area contributed by atoms with Crippen LogP contribution in [0.3, 0.4) is 0 Å². The molecule has 0 bridgehead atoms. The van der Waals surface area contributed by atoms with Crippen molar-refractivity contribution in [1.82, 2.24) is 4.98 Å². The molecule has 0 aliphatic carbocycles. The van der Waals surface area contributed by atoms with Gasteiger partial charge in [-0.15, -0.1) is 0 Å². The molecule has 0 amide bonds. The van der Waals surface area contributed by atoms with Gasteiger partial charge in [-0.3, -0.25) is 0 Å². The molecule has 3 nitrogen and oxygen atoms in total. The van der Waals surface area contributed by atoms with Crippen molar-refractivity contribution in [3.05, 3.63) is 18.3 Å². The van der Waals surface area contributed by atoms with Crippen LogP contribution in [0.4, 0.5) is 5.82 Å². The van der Waals surface area contributed by atoms with E-state index in [1.165, 1.54) is 0 Å². The summed E-state index contributed by atoms with van der Waals surface area (Å²) in [4.78, 5) is 6.90. The minimum Gasteiger partial charge on any atom is -0.487 e. The number of ether oxygens (including phenoxy) is 1. The van der Waals surface area contributed by atoms with Gasteiger partial charge in [0.05, 0.1) is 6.10 Å². The molecule has 19 heavy (non-hydrogen) atoms. The Hall–Kier alpha value is -0.770. The maximum atomic E-state index is 5.89. The molecule has 1 heterocycles. The van der Waals surface area contributed by atoms with Crippen molar-refractivity contribution in [1.29, 1.82) is 0 Å². The van der Waals surface area contributed by atoms with Crippen molar-refractivity contribution in [3.8, 4) is 5.75 Å². The van der Waals surface area contributed by atoms with Gasteiger partial charge in [0.25, 0.3) is 0 Å². The molecular weight excluding hydrogens is 304 g/mol. The van der Waals surface area contributed by atoms with E-state index in [2.05, 4.69) is 39.7 Å². The summed E-state index contributed by atoms with van der Waals surface area (Å²) in [6.07, 6.45) is 4.23. The number of aromatic nitrogens is 1. The average Bonchev–Trinajstić information content (AvgIpc) is 2.39. The molecule has 0 aliphatic heterocycles. The quantitative estimate of drug-likeness (QED) is 0.667. The fourth-order valence-corrected chi connectivity index (χ4v) is 2.61. The molecule has 0 aromatic carbocycles. The first-order chi connectivity index (χ1) is 9.13. The summed E-state index contributed by atoms with van der Waals surface area (Å²) >= 11 is 3.54. The van der Waals surface area contributed by atoms with Crippen LogP contribution in [-0.4, -0.2) is 29.0 Å². The van der Waals surface area contributed by atoms with Crippen LogP contribution in [0.5, 0.6) is 5.75 Å². The zero-order valence-corrected chi connectivity index (χ0v) is 14.0. The van der Waals surface area contributed by atoms with E-state index in [1.54, 1.807) is 0 Å². The Labute approximate surface area is 125 Å². The van der Waals surface area contributed by atoms with Gasteiger partial charge in [0.1, 0.15) is 0 Å². The molecule has 0 fully saturated rings. The van der Waals surface area contributed by atoms with Gasteiger partial charge < -0.3 is 9.64 Å². The molecule has 1 rings (SSSR count).